The maximum atomic E-state index is 12.9. The first-order valence-corrected chi connectivity index (χ1v) is 5.40. The summed E-state index contributed by atoms with van der Waals surface area (Å²) >= 11 is 11.3. The molecule has 0 radical (unpaired) electrons. The molecule has 88 valence electrons. The Morgan fingerprint density at radius 3 is 2.35 bits per heavy atom. The summed E-state index contributed by atoms with van der Waals surface area (Å²) in [5.41, 5.74) is 1.39. The van der Waals surface area contributed by atoms with Gasteiger partial charge in [0, 0.05) is 5.69 Å². The Balaban J connectivity index is 2.31. The van der Waals surface area contributed by atoms with Crippen LogP contribution in [0.2, 0.25) is 10.6 Å². The van der Waals surface area contributed by atoms with Crippen LogP contribution < -0.4 is 5.32 Å². The Kier molecular flexibility index (Phi) is 3.40. The van der Waals surface area contributed by atoms with E-state index in [1.165, 1.54) is 12.1 Å². The lowest BCUT2D eigenvalue weighted by molar-refractivity contribution is 0.627. The van der Waals surface area contributed by atoms with Gasteiger partial charge >= 0.3 is 0 Å². The minimum atomic E-state index is -0.306. The molecule has 1 aromatic carbocycles. The lowest BCUT2D eigenvalue weighted by Crippen LogP contribution is -2.00. The van der Waals surface area contributed by atoms with Gasteiger partial charge in [0.25, 0.3) is 0 Å². The summed E-state index contributed by atoms with van der Waals surface area (Å²) in [4.78, 5) is 11.3. The summed E-state index contributed by atoms with van der Waals surface area (Å²) in [6, 6.07) is 4.31. The van der Waals surface area contributed by atoms with Gasteiger partial charge in [0.05, 0.1) is 0 Å². The second-order valence-corrected chi connectivity index (χ2v) is 3.96. The highest BCUT2D eigenvalue weighted by Gasteiger charge is 2.05. The lowest BCUT2D eigenvalue weighted by Gasteiger charge is -2.07. The van der Waals surface area contributed by atoms with Crippen molar-refractivity contribution in [3.05, 3.63) is 40.1 Å². The van der Waals surface area contributed by atoms with E-state index in [0.29, 0.717) is 5.69 Å². The van der Waals surface area contributed by atoms with Gasteiger partial charge in [-0.05, 0) is 53.9 Å². The molecular weight excluding hydrogens is 266 g/mol. The standard InChI is InChI=1S/C10H7Cl2FN4/c1-5-4-6(13)2-3-7(5)14-10-16-8(11)15-9(12)17-10/h2-4H,1H3,(H,14,15,16,17). The molecule has 1 aromatic heterocycles. The minimum Gasteiger partial charge on any atom is -0.324 e. The quantitative estimate of drug-likeness (QED) is 0.911. The highest BCUT2D eigenvalue weighted by molar-refractivity contribution is 6.31. The van der Waals surface area contributed by atoms with Crippen LogP contribution in [0.15, 0.2) is 18.2 Å². The molecule has 0 saturated heterocycles. The van der Waals surface area contributed by atoms with E-state index in [1.807, 2.05) is 0 Å². The van der Waals surface area contributed by atoms with Crippen molar-refractivity contribution < 1.29 is 4.39 Å². The average Bonchev–Trinajstić information content (AvgIpc) is 2.21. The van der Waals surface area contributed by atoms with Crippen LogP contribution in [-0.4, -0.2) is 15.0 Å². The minimum absolute atomic E-state index is 0.00716. The highest BCUT2D eigenvalue weighted by atomic mass is 35.5. The third-order valence-corrected chi connectivity index (χ3v) is 2.35. The number of hydrogen-bond acceptors (Lipinski definition) is 4. The molecule has 1 N–H and O–H groups in total. The molecule has 0 unspecified atom stereocenters. The first kappa shape index (κ1) is 12.0. The summed E-state index contributed by atoms with van der Waals surface area (Å²) in [6.07, 6.45) is 0. The molecule has 2 rings (SSSR count). The number of hydrogen-bond donors (Lipinski definition) is 1. The van der Waals surface area contributed by atoms with Gasteiger partial charge in [-0.15, -0.1) is 0 Å². The van der Waals surface area contributed by atoms with Crippen molar-refractivity contribution in [2.24, 2.45) is 0 Å². The summed E-state index contributed by atoms with van der Waals surface area (Å²) in [6.45, 7) is 1.76. The number of rotatable bonds is 2. The fourth-order valence-electron chi connectivity index (χ4n) is 1.27. The maximum absolute atomic E-state index is 12.9. The van der Waals surface area contributed by atoms with Gasteiger partial charge in [-0.2, -0.15) is 15.0 Å². The molecule has 0 bridgehead atoms. The molecule has 0 saturated carbocycles. The first-order chi connectivity index (χ1) is 8.04. The van der Waals surface area contributed by atoms with Gasteiger partial charge in [0.2, 0.25) is 16.5 Å². The molecule has 7 heteroatoms. The number of nitrogens with zero attached hydrogens (tertiary/aromatic N) is 3. The summed E-state index contributed by atoms with van der Waals surface area (Å²) in [5, 5.41) is 2.87. The predicted molar refractivity (Wildman–Crippen MR) is 64.3 cm³/mol. The van der Waals surface area contributed by atoms with Crippen molar-refractivity contribution in [2.75, 3.05) is 5.32 Å². The van der Waals surface area contributed by atoms with Crippen LogP contribution >= 0.6 is 23.2 Å². The van der Waals surface area contributed by atoms with Gasteiger partial charge in [-0.1, -0.05) is 0 Å². The second kappa shape index (κ2) is 4.81. The molecule has 2 aromatic rings. The molecule has 4 nitrogen and oxygen atoms in total. The van der Waals surface area contributed by atoms with E-state index in [4.69, 9.17) is 23.2 Å². The number of benzene rings is 1. The van der Waals surface area contributed by atoms with Crippen LogP contribution in [0.1, 0.15) is 5.56 Å². The van der Waals surface area contributed by atoms with Crippen LogP contribution in [-0.2, 0) is 0 Å². The van der Waals surface area contributed by atoms with Crippen LogP contribution in [0.25, 0.3) is 0 Å². The Morgan fingerprint density at radius 2 is 1.76 bits per heavy atom. The molecule has 0 amide bonds. The number of anilines is 2. The smallest absolute Gasteiger partial charge is 0.232 e. The predicted octanol–water partition coefficient (Wildman–Crippen LogP) is 3.37. The average molecular weight is 273 g/mol. The highest BCUT2D eigenvalue weighted by Crippen LogP contribution is 2.20. The van der Waals surface area contributed by atoms with Gasteiger partial charge in [0.1, 0.15) is 5.82 Å². The van der Waals surface area contributed by atoms with Crippen LogP contribution in [0.5, 0.6) is 0 Å². The monoisotopic (exact) mass is 272 g/mol. The maximum Gasteiger partial charge on any atom is 0.232 e. The first-order valence-electron chi connectivity index (χ1n) is 4.65. The molecule has 0 atom stereocenters. The van der Waals surface area contributed by atoms with Gasteiger partial charge < -0.3 is 5.32 Å². The molecule has 0 aliphatic heterocycles. The summed E-state index contributed by atoms with van der Waals surface area (Å²) in [7, 11) is 0. The molecule has 0 aliphatic carbocycles. The van der Waals surface area contributed by atoms with E-state index in [-0.39, 0.29) is 22.3 Å². The van der Waals surface area contributed by atoms with Crippen molar-refractivity contribution in [3.63, 3.8) is 0 Å². The largest absolute Gasteiger partial charge is 0.324 e. The molecule has 1 heterocycles. The van der Waals surface area contributed by atoms with E-state index in [9.17, 15) is 4.39 Å². The number of aromatic nitrogens is 3. The zero-order valence-corrected chi connectivity index (χ0v) is 10.2. The van der Waals surface area contributed by atoms with Gasteiger partial charge in [-0.3, -0.25) is 0 Å². The Bertz CT molecular complexity index is 542. The third-order valence-electron chi connectivity index (χ3n) is 2.02. The zero-order chi connectivity index (χ0) is 12.4. The Labute approximate surface area is 107 Å². The van der Waals surface area contributed by atoms with E-state index in [1.54, 1.807) is 13.0 Å². The number of nitrogens with one attached hydrogen (secondary N) is 1. The molecular formula is C10H7Cl2FN4. The van der Waals surface area contributed by atoms with Crippen molar-refractivity contribution in [1.29, 1.82) is 0 Å². The SMILES string of the molecule is Cc1cc(F)ccc1Nc1nc(Cl)nc(Cl)n1. The second-order valence-electron chi connectivity index (χ2n) is 3.28. The zero-order valence-electron chi connectivity index (χ0n) is 8.71. The Morgan fingerprint density at radius 1 is 1.12 bits per heavy atom. The topological polar surface area (TPSA) is 50.7 Å². The molecule has 0 aliphatic rings. The van der Waals surface area contributed by atoms with Gasteiger partial charge in [0.15, 0.2) is 0 Å². The third kappa shape index (κ3) is 3.01. The number of halogens is 3. The fourth-order valence-corrected chi connectivity index (χ4v) is 1.63. The van der Waals surface area contributed by atoms with Crippen molar-refractivity contribution in [2.45, 2.75) is 6.92 Å². The molecule has 0 spiro atoms. The normalized spacial score (nSPS) is 10.4. The van der Waals surface area contributed by atoms with Crippen molar-refractivity contribution in [3.8, 4) is 0 Å². The Hall–Kier alpha value is -1.46. The van der Waals surface area contributed by atoms with Crippen molar-refractivity contribution in [1.82, 2.24) is 15.0 Å². The van der Waals surface area contributed by atoms with Crippen molar-refractivity contribution >= 4 is 34.8 Å². The summed E-state index contributed by atoms with van der Waals surface area (Å²) in [5.74, 6) is -0.0931. The van der Waals surface area contributed by atoms with Gasteiger partial charge in [-0.25, -0.2) is 4.39 Å². The number of aryl methyl sites for hydroxylation is 1. The van der Waals surface area contributed by atoms with E-state index >= 15 is 0 Å². The van der Waals surface area contributed by atoms with E-state index in [2.05, 4.69) is 20.3 Å². The van der Waals surface area contributed by atoms with Crippen LogP contribution in [0, 0.1) is 12.7 Å². The van der Waals surface area contributed by atoms with Crippen LogP contribution in [0.3, 0.4) is 0 Å². The lowest BCUT2D eigenvalue weighted by atomic mass is 10.2. The summed E-state index contributed by atoms with van der Waals surface area (Å²) < 4.78 is 12.9. The fraction of sp³-hybridized carbons (Fsp3) is 0.100. The van der Waals surface area contributed by atoms with Crippen LogP contribution in [0.4, 0.5) is 16.0 Å². The van der Waals surface area contributed by atoms with E-state index in [0.717, 1.165) is 5.56 Å². The van der Waals surface area contributed by atoms with E-state index < -0.39 is 0 Å². The molecule has 0 fully saturated rings. The molecule has 17 heavy (non-hydrogen) atoms.